The van der Waals surface area contributed by atoms with Crippen molar-refractivity contribution in [2.24, 2.45) is 5.41 Å². The van der Waals surface area contributed by atoms with Crippen molar-refractivity contribution < 1.29 is 0 Å². The molecule has 1 rings (SSSR count). The number of allylic oxidation sites excluding steroid dienone is 4. The zero-order valence-electron chi connectivity index (χ0n) is 9.19. The van der Waals surface area contributed by atoms with Gasteiger partial charge in [-0.25, -0.2) is 0 Å². The second-order valence-electron chi connectivity index (χ2n) is 5.32. The number of rotatable bonds is 1. The summed E-state index contributed by atoms with van der Waals surface area (Å²) < 4.78 is 0. The maximum absolute atomic E-state index is 6.40. The first-order valence-electron chi connectivity index (χ1n) is 4.81. The van der Waals surface area contributed by atoms with E-state index in [0.29, 0.717) is 5.54 Å². The van der Waals surface area contributed by atoms with Crippen LogP contribution in [0.3, 0.4) is 0 Å². The van der Waals surface area contributed by atoms with Crippen molar-refractivity contribution in [3.05, 3.63) is 23.8 Å². The van der Waals surface area contributed by atoms with Gasteiger partial charge < -0.3 is 0 Å². The maximum Gasteiger partial charge on any atom is 0.160 e. The summed E-state index contributed by atoms with van der Waals surface area (Å²) in [6.07, 6.45) is 6.85. The third-order valence-electron chi connectivity index (χ3n) is 2.50. The molecule has 0 spiro atoms. The standard InChI is InChI=1S/C11H19ClSi/c1-11(2,3)9-6-7-10(8-9)13(4,5)12/h6-8,10H,1-5H3. The van der Waals surface area contributed by atoms with Crippen LogP contribution in [0.15, 0.2) is 23.8 Å². The summed E-state index contributed by atoms with van der Waals surface area (Å²) in [5.41, 5.74) is 2.21. The summed E-state index contributed by atoms with van der Waals surface area (Å²) in [4.78, 5) is 0. The Bertz CT molecular complexity index is 250. The van der Waals surface area contributed by atoms with Crippen LogP contribution in [0.25, 0.3) is 0 Å². The molecule has 74 valence electrons. The van der Waals surface area contributed by atoms with E-state index < -0.39 is 7.38 Å². The van der Waals surface area contributed by atoms with Crippen molar-refractivity contribution in [2.75, 3.05) is 0 Å². The Morgan fingerprint density at radius 1 is 1.31 bits per heavy atom. The van der Waals surface area contributed by atoms with E-state index in [2.05, 4.69) is 52.1 Å². The van der Waals surface area contributed by atoms with Crippen LogP contribution in [0.5, 0.6) is 0 Å². The molecule has 0 saturated carbocycles. The molecule has 0 N–H and O–H groups in total. The lowest BCUT2D eigenvalue weighted by Crippen LogP contribution is -2.21. The van der Waals surface area contributed by atoms with E-state index in [-0.39, 0.29) is 5.41 Å². The first kappa shape index (κ1) is 11.1. The third-order valence-corrected chi connectivity index (χ3v) is 5.20. The van der Waals surface area contributed by atoms with Gasteiger partial charge in [-0.1, -0.05) is 52.1 Å². The quantitative estimate of drug-likeness (QED) is 0.450. The second-order valence-corrected chi connectivity index (χ2v) is 12.0. The number of halogens is 1. The van der Waals surface area contributed by atoms with Crippen molar-refractivity contribution in [2.45, 2.75) is 39.4 Å². The molecule has 0 aromatic rings. The van der Waals surface area contributed by atoms with Crippen LogP contribution < -0.4 is 0 Å². The van der Waals surface area contributed by atoms with Gasteiger partial charge in [-0.05, 0) is 11.0 Å². The van der Waals surface area contributed by atoms with Crippen LogP contribution in [-0.2, 0) is 0 Å². The fourth-order valence-corrected chi connectivity index (χ4v) is 2.98. The minimum atomic E-state index is -1.54. The molecule has 1 unspecified atom stereocenters. The summed E-state index contributed by atoms with van der Waals surface area (Å²) in [7, 11) is -1.54. The van der Waals surface area contributed by atoms with E-state index in [0.717, 1.165) is 0 Å². The number of hydrogen-bond acceptors (Lipinski definition) is 0. The zero-order valence-corrected chi connectivity index (χ0v) is 10.9. The Labute approximate surface area is 87.4 Å². The van der Waals surface area contributed by atoms with Crippen LogP contribution in [0, 0.1) is 5.41 Å². The van der Waals surface area contributed by atoms with Crippen molar-refractivity contribution in [1.29, 1.82) is 0 Å². The predicted octanol–water partition coefficient (Wildman–Crippen LogP) is 4.34. The summed E-state index contributed by atoms with van der Waals surface area (Å²) in [5, 5.41) is 0. The minimum Gasteiger partial charge on any atom is -0.167 e. The molecule has 1 aliphatic rings. The average Bonchev–Trinajstić information content (AvgIpc) is 2.28. The lowest BCUT2D eigenvalue weighted by Gasteiger charge is -2.21. The molecule has 2 heteroatoms. The topological polar surface area (TPSA) is 0 Å². The van der Waals surface area contributed by atoms with Crippen LogP contribution >= 0.6 is 11.1 Å². The first-order valence-corrected chi connectivity index (χ1v) is 8.89. The van der Waals surface area contributed by atoms with Gasteiger partial charge >= 0.3 is 0 Å². The van der Waals surface area contributed by atoms with Gasteiger partial charge in [0.05, 0.1) is 0 Å². The highest BCUT2D eigenvalue weighted by molar-refractivity contribution is 7.20. The van der Waals surface area contributed by atoms with Gasteiger partial charge in [0.1, 0.15) is 0 Å². The summed E-state index contributed by atoms with van der Waals surface area (Å²) in [6, 6.07) is 0. The maximum atomic E-state index is 6.40. The minimum absolute atomic E-state index is 0.266. The molecule has 1 aliphatic carbocycles. The molecule has 0 aromatic heterocycles. The Morgan fingerprint density at radius 3 is 2.08 bits per heavy atom. The third kappa shape index (κ3) is 2.71. The molecule has 1 atom stereocenters. The lowest BCUT2D eigenvalue weighted by atomic mass is 9.87. The van der Waals surface area contributed by atoms with Gasteiger partial charge in [-0.15, -0.1) is 0 Å². The highest BCUT2D eigenvalue weighted by Gasteiger charge is 2.30. The monoisotopic (exact) mass is 214 g/mol. The lowest BCUT2D eigenvalue weighted by molar-refractivity contribution is 0.518. The normalized spacial score (nSPS) is 23.5. The number of hydrogen-bond donors (Lipinski definition) is 0. The molecule has 0 amide bonds. The molecule has 0 nitrogen and oxygen atoms in total. The molecular weight excluding hydrogens is 196 g/mol. The van der Waals surface area contributed by atoms with Crippen LogP contribution in [-0.4, -0.2) is 7.38 Å². The molecule has 0 heterocycles. The van der Waals surface area contributed by atoms with E-state index >= 15 is 0 Å². The van der Waals surface area contributed by atoms with E-state index in [4.69, 9.17) is 11.1 Å². The van der Waals surface area contributed by atoms with Crippen molar-refractivity contribution in [3.8, 4) is 0 Å². The SMILES string of the molecule is CC(C)(C)C1=CC([Si](C)(C)Cl)C=C1. The molecule has 0 fully saturated rings. The van der Waals surface area contributed by atoms with Crippen LogP contribution in [0.2, 0.25) is 18.6 Å². The van der Waals surface area contributed by atoms with E-state index in [9.17, 15) is 0 Å². The van der Waals surface area contributed by atoms with Crippen molar-refractivity contribution >= 4 is 18.5 Å². The Morgan fingerprint density at radius 2 is 1.85 bits per heavy atom. The second kappa shape index (κ2) is 3.29. The fourth-order valence-electron chi connectivity index (χ4n) is 1.44. The van der Waals surface area contributed by atoms with E-state index in [1.807, 2.05) is 0 Å². The van der Waals surface area contributed by atoms with Crippen LogP contribution in [0.1, 0.15) is 20.8 Å². The first-order chi connectivity index (χ1) is 5.71. The molecule has 0 radical (unpaired) electrons. The van der Waals surface area contributed by atoms with Gasteiger partial charge in [0.25, 0.3) is 0 Å². The average molecular weight is 215 g/mol. The summed E-state index contributed by atoms with van der Waals surface area (Å²) in [6.45, 7) is 11.1. The largest absolute Gasteiger partial charge is 0.167 e. The molecule has 0 saturated heterocycles. The van der Waals surface area contributed by atoms with E-state index in [1.165, 1.54) is 5.57 Å². The summed E-state index contributed by atoms with van der Waals surface area (Å²) in [5.74, 6) is 0. The van der Waals surface area contributed by atoms with Crippen LogP contribution in [0.4, 0.5) is 0 Å². The fraction of sp³-hybridized carbons (Fsp3) is 0.636. The highest BCUT2D eigenvalue weighted by Crippen LogP contribution is 2.39. The molecule has 0 aromatic carbocycles. The Kier molecular flexibility index (Phi) is 2.80. The van der Waals surface area contributed by atoms with Gasteiger partial charge in [0, 0.05) is 5.54 Å². The van der Waals surface area contributed by atoms with Crippen molar-refractivity contribution in [3.63, 3.8) is 0 Å². The molecule has 0 bridgehead atoms. The van der Waals surface area contributed by atoms with E-state index in [1.54, 1.807) is 0 Å². The van der Waals surface area contributed by atoms with Gasteiger partial charge in [-0.2, -0.15) is 11.1 Å². The Hall–Kier alpha value is -0.0131. The van der Waals surface area contributed by atoms with Gasteiger partial charge in [0.2, 0.25) is 0 Å². The smallest absolute Gasteiger partial charge is 0.160 e. The van der Waals surface area contributed by atoms with Gasteiger partial charge in [-0.3, -0.25) is 0 Å². The predicted molar refractivity (Wildman–Crippen MR) is 63.8 cm³/mol. The molecule has 0 aliphatic heterocycles. The van der Waals surface area contributed by atoms with Gasteiger partial charge in [0.15, 0.2) is 7.38 Å². The molecular formula is C11H19ClSi. The zero-order chi connectivity index (χ0) is 10.3. The summed E-state index contributed by atoms with van der Waals surface area (Å²) >= 11 is 6.40. The molecule has 13 heavy (non-hydrogen) atoms. The Balaban J connectivity index is 2.84. The highest BCUT2D eigenvalue weighted by atomic mass is 35.6. The van der Waals surface area contributed by atoms with Crippen molar-refractivity contribution in [1.82, 2.24) is 0 Å².